The van der Waals surface area contributed by atoms with Gasteiger partial charge in [0.2, 0.25) is 0 Å². The Bertz CT molecular complexity index is 587. The standard InChI is InChI=1S/C25H36O2/c1-3-5-6-19-7-9-20(10-8-19)21-11-13-22(14-12-21)23-15-17-24(18-16-23)27-25(26)4-2/h4,15-22H,2-3,5-14H2,1H3. The summed E-state index contributed by atoms with van der Waals surface area (Å²) in [4.78, 5) is 11.3. The molecule has 0 atom stereocenters. The molecule has 2 saturated carbocycles. The number of benzene rings is 1. The molecule has 2 fully saturated rings. The summed E-state index contributed by atoms with van der Waals surface area (Å²) in [6, 6.07) is 8.10. The number of carbonyl (C=O) groups excluding carboxylic acids is 1. The average Bonchev–Trinajstić information content (AvgIpc) is 2.73. The molecule has 0 aromatic heterocycles. The molecular weight excluding hydrogens is 332 g/mol. The van der Waals surface area contributed by atoms with Gasteiger partial charge in [0, 0.05) is 6.08 Å². The first-order valence-electron chi connectivity index (χ1n) is 11.1. The van der Waals surface area contributed by atoms with E-state index >= 15 is 0 Å². The van der Waals surface area contributed by atoms with Crippen LogP contribution in [0.4, 0.5) is 0 Å². The van der Waals surface area contributed by atoms with E-state index in [1.165, 1.54) is 82.3 Å². The molecule has 1 aromatic rings. The van der Waals surface area contributed by atoms with E-state index in [1.54, 1.807) is 0 Å². The van der Waals surface area contributed by atoms with E-state index in [0.717, 1.165) is 17.8 Å². The highest BCUT2D eigenvalue weighted by molar-refractivity contribution is 5.83. The van der Waals surface area contributed by atoms with Gasteiger partial charge in [0.25, 0.3) is 0 Å². The van der Waals surface area contributed by atoms with Gasteiger partial charge in [-0.3, -0.25) is 0 Å². The van der Waals surface area contributed by atoms with Crippen LogP contribution in [-0.4, -0.2) is 5.97 Å². The van der Waals surface area contributed by atoms with E-state index in [1.807, 2.05) is 12.1 Å². The lowest BCUT2D eigenvalue weighted by molar-refractivity contribution is -0.128. The first-order valence-corrected chi connectivity index (χ1v) is 11.1. The molecule has 0 aliphatic heterocycles. The van der Waals surface area contributed by atoms with Crippen molar-refractivity contribution in [1.82, 2.24) is 0 Å². The van der Waals surface area contributed by atoms with Crippen LogP contribution in [0, 0.1) is 17.8 Å². The molecule has 0 radical (unpaired) electrons. The Hall–Kier alpha value is -1.57. The SMILES string of the molecule is C=CC(=O)Oc1ccc(C2CCC(C3CCC(CCCC)CC3)CC2)cc1. The minimum Gasteiger partial charge on any atom is -0.423 e. The Morgan fingerprint density at radius 3 is 2.15 bits per heavy atom. The highest BCUT2D eigenvalue weighted by atomic mass is 16.5. The van der Waals surface area contributed by atoms with E-state index in [2.05, 4.69) is 25.6 Å². The smallest absolute Gasteiger partial charge is 0.335 e. The number of hydrogen-bond acceptors (Lipinski definition) is 2. The van der Waals surface area contributed by atoms with Crippen LogP contribution < -0.4 is 4.74 Å². The fraction of sp³-hybridized carbons (Fsp3) is 0.640. The van der Waals surface area contributed by atoms with Crippen LogP contribution in [0.1, 0.15) is 89.0 Å². The van der Waals surface area contributed by atoms with Crippen LogP contribution in [0.2, 0.25) is 0 Å². The van der Waals surface area contributed by atoms with Crippen molar-refractivity contribution in [3.63, 3.8) is 0 Å². The summed E-state index contributed by atoms with van der Waals surface area (Å²) in [5.41, 5.74) is 1.40. The van der Waals surface area contributed by atoms with Gasteiger partial charge < -0.3 is 4.74 Å². The van der Waals surface area contributed by atoms with Crippen molar-refractivity contribution in [2.45, 2.75) is 83.5 Å². The number of unbranched alkanes of at least 4 members (excludes halogenated alkanes) is 1. The Morgan fingerprint density at radius 1 is 1.00 bits per heavy atom. The summed E-state index contributed by atoms with van der Waals surface area (Å²) < 4.78 is 5.18. The molecule has 0 N–H and O–H groups in total. The quantitative estimate of drug-likeness (QED) is 0.293. The zero-order valence-corrected chi connectivity index (χ0v) is 17.0. The lowest BCUT2D eigenvalue weighted by Gasteiger charge is -2.38. The first-order chi connectivity index (χ1) is 13.2. The second kappa shape index (κ2) is 10.1. The van der Waals surface area contributed by atoms with Gasteiger partial charge in [0.1, 0.15) is 5.75 Å². The van der Waals surface area contributed by atoms with E-state index in [4.69, 9.17) is 4.74 Å². The van der Waals surface area contributed by atoms with Gasteiger partial charge in [-0.05, 0) is 79.9 Å². The maximum Gasteiger partial charge on any atom is 0.335 e. The minimum absolute atomic E-state index is 0.396. The first kappa shape index (κ1) is 20.2. The molecule has 0 spiro atoms. The molecule has 2 heteroatoms. The second-order valence-corrected chi connectivity index (χ2v) is 8.73. The third kappa shape index (κ3) is 5.70. The fourth-order valence-electron chi connectivity index (χ4n) is 5.33. The number of hydrogen-bond donors (Lipinski definition) is 0. The van der Waals surface area contributed by atoms with Crippen LogP contribution in [0.3, 0.4) is 0 Å². The van der Waals surface area contributed by atoms with Gasteiger partial charge in [-0.2, -0.15) is 0 Å². The molecule has 0 bridgehead atoms. The van der Waals surface area contributed by atoms with Crippen molar-refractivity contribution in [3.8, 4) is 5.75 Å². The van der Waals surface area contributed by atoms with Crippen molar-refractivity contribution in [1.29, 1.82) is 0 Å². The Morgan fingerprint density at radius 2 is 1.59 bits per heavy atom. The summed E-state index contributed by atoms with van der Waals surface area (Å²) in [6.45, 7) is 5.75. The van der Waals surface area contributed by atoms with Crippen molar-refractivity contribution < 1.29 is 9.53 Å². The summed E-state index contributed by atoms with van der Waals surface area (Å²) in [5.74, 6) is 3.85. The summed E-state index contributed by atoms with van der Waals surface area (Å²) >= 11 is 0. The number of carbonyl (C=O) groups is 1. The van der Waals surface area contributed by atoms with Crippen molar-refractivity contribution in [3.05, 3.63) is 42.5 Å². The Kier molecular flexibility index (Phi) is 7.55. The fourth-order valence-corrected chi connectivity index (χ4v) is 5.33. The van der Waals surface area contributed by atoms with E-state index < -0.39 is 5.97 Å². The molecule has 2 nitrogen and oxygen atoms in total. The molecule has 0 amide bonds. The van der Waals surface area contributed by atoms with E-state index in [0.29, 0.717) is 11.7 Å². The predicted octanol–water partition coefficient (Wildman–Crippen LogP) is 7.05. The summed E-state index contributed by atoms with van der Waals surface area (Å²) in [7, 11) is 0. The second-order valence-electron chi connectivity index (χ2n) is 8.73. The van der Waals surface area contributed by atoms with Crippen LogP contribution >= 0.6 is 0 Å². The Balaban J connectivity index is 1.44. The van der Waals surface area contributed by atoms with Gasteiger partial charge in [-0.15, -0.1) is 0 Å². The molecule has 27 heavy (non-hydrogen) atoms. The third-order valence-electron chi connectivity index (χ3n) is 7.03. The molecule has 2 aliphatic carbocycles. The largest absolute Gasteiger partial charge is 0.423 e. The van der Waals surface area contributed by atoms with Crippen molar-refractivity contribution >= 4 is 5.97 Å². The highest BCUT2D eigenvalue weighted by Crippen LogP contribution is 2.44. The van der Waals surface area contributed by atoms with Crippen LogP contribution in [0.15, 0.2) is 36.9 Å². The van der Waals surface area contributed by atoms with Crippen LogP contribution in [0.25, 0.3) is 0 Å². The van der Waals surface area contributed by atoms with E-state index in [-0.39, 0.29) is 0 Å². The van der Waals surface area contributed by atoms with Gasteiger partial charge >= 0.3 is 5.97 Å². The average molecular weight is 369 g/mol. The number of esters is 1. The van der Waals surface area contributed by atoms with Gasteiger partial charge in [-0.1, -0.05) is 57.7 Å². The van der Waals surface area contributed by atoms with Gasteiger partial charge in [0.05, 0.1) is 0 Å². The summed E-state index contributed by atoms with van der Waals surface area (Å²) in [6.07, 6.45) is 16.8. The summed E-state index contributed by atoms with van der Waals surface area (Å²) in [5, 5.41) is 0. The number of rotatable bonds is 7. The van der Waals surface area contributed by atoms with Gasteiger partial charge in [-0.25, -0.2) is 4.79 Å². The molecule has 1 aromatic carbocycles. The predicted molar refractivity (Wildman–Crippen MR) is 112 cm³/mol. The zero-order valence-electron chi connectivity index (χ0n) is 17.0. The molecule has 0 heterocycles. The van der Waals surface area contributed by atoms with Crippen LogP contribution in [0.5, 0.6) is 5.75 Å². The number of ether oxygens (including phenoxy) is 1. The highest BCUT2D eigenvalue weighted by Gasteiger charge is 2.31. The lowest BCUT2D eigenvalue weighted by atomic mass is 9.68. The zero-order chi connectivity index (χ0) is 19.1. The topological polar surface area (TPSA) is 26.3 Å². The normalized spacial score (nSPS) is 28.5. The maximum absolute atomic E-state index is 11.3. The molecule has 148 valence electrons. The van der Waals surface area contributed by atoms with Crippen LogP contribution in [-0.2, 0) is 4.79 Å². The van der Waals surface area contributed by atoms with Crippen molar-refractivity contribution in [2.75, 3.05) is 0 Å². The third-order valence-corrected chi connectivity index (χ3v) is 7.03. The lowest BCUT2D eigenvalue weighted by Crippen LogP contribution is -2.25. The molecule has 3 rings (SSSR count). The van der Waals surface area contributed by atoms with Crippen molar-refractivity contribution in [2.24, 2.45) is 17.8 Å². The maximum atomic E-state index is 11.3. The molecule has 2 aliphatic rings. The Labute approximate surface area is 165 Å². The van der Waals surface area contributed by atoms with Gasteiger partial charge in [0.15, 0.2) is 0 Å². The van der Waals surface area contributed by atoms with E-state index in [9.17, 15) is 4.79 Å². The molecule has 0 saturated heterocycles. The minimum atomic E-state index is -0.396. The molecule has 0 unspecified atom stereocenters. The molecular formula is C25H36O2. The monoisotopic (exact) mass is 368 g/mol.